The summed E-state index contributed by atoms with van der Waals surface area (Å²) < 4.78 is 66.3. The molecule has 196 valence electrons. The molecule has 0 bridgehead atoms. The monoisotopic (exact) mass is 526 g/mol. The lowest BCUT2D eigenvalue weighted by molar-refractivity contribution is -0.138. The first-order valence-electron chi connectivity index (χ1n) is 11.4. The number of rotatable bonds is 7. The summed E-state index contributed by atoms with van der Waals surface area (Å²) in [5, 5.41) is 2.71. The topological polar surface area (TPSA) is 113 Å². The Morgan fingerprint density at radius 3 is 2.19 bits per heavy atom. The van der Waals surface area contributed by atoms with Crippen LogP contribution >= 0.6 is 0 Å². The molecule has 1 aliphatic heterocycles. The SMILES string of the molecule is CC(C)c1ccc(CNC(=O)[C@H]2CN(C(=O)CN)CCN2S(=O)(=O)c2ccc(C(F)(F)F)cc2)cc1. The Kier molecular flexibility index (Phi) is 8.42. The zero-order valence-electron chi connectivity index (χ0n) is 20.0. The number of carbonyl (C=O) groups excluding carboxylic acids is 2. The molecule has 0 aliphatic carbocycles. The first kappa shape index (κ1) is 27.6. The van der Waals surface area contributed by atoms with E-state index in [2.05, 4.69) is 19.2 Å². The van der Waals surface area contributed by atoms with Crippen LogP contribution in [0.2, 0.25) is 0 Å². The molecule has 1 heterocycles. The van der Waals surface area contributed by atoms with Crippen LogP contribution in [0.4, 0.5) is 13.2 Å². The van der Waals surface area contributed by atoms with Crippen molar-refractivity contribution in [2.45, 2.75) is 43.4 Å². The van der Waals surface area contributed by atoms with Gasteiger partial charge >= 0.3 is 6.18 Å². The minimum Gasteiger partial charge on any atom is -0.351 e. The van der Waals surface area contributed by atoms with E-state index in [9.17, 15) is 31.2 Å². The molecule has 1 aliphatic rings. The van der Waals surface area contributed by atoms with E-state index in [1.807, 2.05) is 24.3 Å². The first-order chi connectivity index (χ1) is 16.8. The normalized spacial score (nSPS) is 17.3. The number of hydrogen-bond acceptors (Lipinski definition) is 5. The fraction of sp³-hybridized carbons (Fsp3) is 0.417. The first-order valence-corrected chi connectivity index (χ1v) is 12.8. The molecule has 12 heteroatoms. The van der Waals surface area contributed by atoms with Gasteiger partial charge in [0.15, 0.2) is 0 Å². The third-order valence-corrected chi connectivity index (χ3v) is 7.98. The van der Waals surface area contributed by atoms with Crippen LogP contribution in [-0.2, 0) is 32.3 Å². The molecule has 2 aromatic carbocycles. The molecule has 36 heavy (non-hydrogen) atoms. The van der Waals surface area contributed by atoms with Crippen LogP contribution in [0.15, 0.2) is 53.4 Å². The number of nitrogens with zero attached hydrogens (tertiary/aromatic N) is 2. The molecular weight excluding hydrogens is 497 g/mol. The average molecular weight is 527 g/mol. The molecule has 2 aromatic rings. The third kappa shape index (κ3) is 6.23. The van der Waals surface area contributed by atoms with Crippen molar-refractivity contribution in [1.29, 1.82) is 0 Å². The van der Waals surface area contributed by atoms with E-state index < -0.39 is 39.6 Å². The molecule has 2 amide bonds. The van der Waals surface area contributed by atoms with Crippen molar-refractivity contribution in [3.63, 3.8) is 0 Å². The van der Waals surface area contributed by atoms with E-state index in [1.54, 1.807) is 0 Å². The standard InChI is InChI=1S/C24H29F3N4O4S/c1-16(2)18-5-3-17(4-6-18)14-29-23(33)21-15-30(22(32)13-28)11-12-31(21)36(34,35)20-9-7-19(8-10-20)24(25,26)27/h3-10,16,21H,11-15,28H2,1-2H3,(H,29,33)/t21-/m1/s1. The highest BCUT2D eigenvalue weighted by Crippen LogP contribution is 2.31. The summed E-state index contributed by atoms with van der Waals surface area (Å²) in [4.78, 5) is 26.2. The van der Waals surface area contributed by atoms with E-state index in [-0.39, 0.29) is 37.6 Å². The Labute approximate surface area is 208 Å². The third-order valence-electron chi connectivity index (χ3n) is 6.06. The fourth-order valence-electron chi connectivity index (χ4n) is 3.90. The molecule has 1 fully saturated rings. The number of nitrogens with two attached hydrogens (primary N) is 1. The molecule has 3 rings (SSSR count). The molecule has 1 atom stereocenters. The minimum atomic E-state index is -4.62. The van der Waals surface area contributed by atoms with Gasteiger partial charge in [-0.2, -0.15) is 17.5 Å². The molecule has 8 nitrogen and oxygen atoms in total. The van der Waals surface area contributed by atoms with Gasteiger partial charge in [-0.3, -0.25) is 9.59 Å². The molecule has 0 saturated carbocycles. The van der Waals surface area contributed by atoms with E-state index in [0.29, 0.717) is 18.1 Å². The lowest BCUT2D eigenvalue weighted by Crippen LogP contribution is -2.61. The summed E-state index contributed by atoms with van der Waals surface area (Å²) in [5.41, 5.74) is 6.38. The van der Waals surface area contributed by atoms with Crippen molar-refractivity contribution in [2.75, 3.05) is 26.2 Å². The number of carbonyl (C=O) groups is 2. The van der Waals surface area contributed by atoms with E-state index in [4.69, 9.17) is 5.73 Å². The van der Waals surface area contributed by atoms with Crippen LogP contribution in [0.1, 0.15) is 36.5 Å². The van der Waals surface area contributed by atoms with Crippen LogP contribution < -0.4 is 11.1 Å². The molecular formula is C24H29F3N4O4S. The van der Waals surface area contributed by atoms with Crippen molar-refractivity contribution in [3.05, 3.63) is 65.2 Å². The Bertz CT molecular complexity index is 1180. The molecule has 0 aromatic heterocycles. The molecule has 0 spiro atoms. The van der Waals surface area contributed by atoms with Gasteiger partial charge in [0.05, 0.1) is 17.0 Å². The lowest BCUT2D eigenvalue weighted by Gasteiger charge is -2.39. The number of benzene rings is 2. The lowest BCUT2D eigenvalue weighted by atomic mass is 10.0. The van der Waals surface area contributed by atoms with Crippen molar-refractivity contribution in [3.8, 4) is 0 Å². The number of hydrogen-bond donors (Lipinski definition) is 2. The molecule has 0 unspecified atom stereocenters. The second-order valence-corrected chi connectivity index (χ2v) is 10.7. The van der Waals surface area contributed by atoms with Crippen molar-refractivity contribution < 1.29 is 31.2 Å². The number of piperazine rings is 1. The number of sulfonamides is 1. The molecule has 3 N–H and O–H groups in total. The molecule has 1 saturated heterocycles. The summed E-state index contributed by atoms with van der Waals surface area (Å²) in [5.74, 6) is -0.734. The van der Waals surface area contributed by atoms with Gasteiger partial charge < -0.3 is 16.0 Å². The number of amides is 2. The Morgan fingerprint density at radius 2 is 1.67 bits per heavy atom. The van der Waals surface area contributed by atoms with E-state index in [0.717, 1.165) is 27.6 Å². The number of nitrogens with one attached hydrogen (secondary N) is 1. The summed E-state index contributed by atoms with van der Waals surface area (Å²) in [6.45, 7) is 3.50. The Balaban J connectivity index is 1.83. The summed E-state index contributed by atoms with van der Waals surface area (Å²) >= 11 is 0. The summed E-state index contributed by atoms with van der Waals surface area (Å²) in [6.07, 6.45) is -4.62. The van der Waals surface area contributed by atoms with Crippen molar-refractivity contribution >= 4 is 21.8 Å². The van der Waals surface area contributed by atoms with Crippen LogP contribution in [-0.4, -0.2) is 61.7 Å². The highest BCUT2D eigenvalue weighted by Gasteiger charge is 2.41. The van der Waals surface area contributed by atoms with Crippen molar-refractivity contribution in [1.82, 2.24) is 14.5 Å². The van der Waals surface area contributed by atoms with Crippen LogP contribution in [0.5, 0.6) is 0 Å². The quantitative estimate of drug-likeness (QED) is 0.575. The maximum Gasteiger partial charge on any atom is 0.416 e. The van der Waals surface area contributed by atoms with Gasteiger partial charge in [0.25, 0.3) is 0 Å². The maximum absolute atomic E-state index is 13.3. The highest BCUT2D eigenvalue weighted by atomic mass is 32.2. The Hall–Kier alpha value is -2.96. The second kappa shape index (κ2) is 11.0. The average Bonchev–Trinajstić information content (AvgIpc) is 2.86. The van der Waals surface area contributed by atoms with Crippen LogP contribution in [0, 0.1) is 0 Å². The van der Waals surface area contributed by atoms with Gasteiger partial charge in [-0.25, -0.2) is 8.42 Å². The van der Waals surface area contributed by atoms with Gasteiger partial charge in [0.1, 0.15) is 6.04 Å². The number of alkyl halides is 3. The maximum atomic E-state index is 13.3. The van der Waals surface area contributed by atoms with Crippen LogP contribution in [0.25, 0.3) is 0 Å². The summed E-state index contributed by atoms with van der Waals surface area (Å²) in [7, 11) is -4.34. The van der Waals surface area contributed by atoms with Gasteiger partial charge in [-0.15, -0.1) is 0 Å². The van der Waals surface area contributed by atoms with Gasteiger partial charge in [0, 0.05) is 26.2 Å². The largest absolute Gasteiger partial charge is 0.416 e. The predicted molar refractivity (Wildman–Crippen MR) is 127 cm³/mol. The van der Waals surface area contributed by atoms with Crippen molar-refractivity contribution in [2.24, 2.45) is 5.73 Å². The fourth-order valence-corrected chi connectivity index (χ4v) is 5.47. The molecule has 0 radical (unpaired) electrons. The zero-order valence-corrected chi connectivity index (χ0v) is 20.8. The smallest absolute Gasteiger partial charge is 0.351 e. The highest BCUT2D eigenvalue weighted by molar-refractivity contribution is 7.89. The second-order valence-electron chi connectivity index (χ2n) is 8.81. The van der Waals surface area contributed by atoms with Gasteiger partial charge in [-0.1, -0.05) is 38.1 Å². The zero-order chi connectivity index (χ0) is 26.7. The predicted octanol–water partition coefficient (Wildman–Crippen LogP) is 2.31. The number of halogens is 3. The van der Waals surface area contributed by atoms with Gasteiger partial charge in [0.2, 0.25) is 21.8 Å². The van der Waals surface area contributed by atoms with Crippen LogP contribution in [0.3, 0.4) is 0 Å². The Morgan fingerprint density at radius 1 is 1.06 bits per heavy atom. The minimum absolute atomic E-state index is 0.00363. The van der Waals surface area contributed by atoms with E-state index >= 15 is 0 Å². The summed E-state index contributed by atoms with van der Waals surface area (Å²) in [6, 6.07) is 9.40. The van der Waals surface area contributed by atoms with Gasteiger partial charge in [-0.05, 0) is 41.3 Å². The van der Waals surface area contributed by atoms with E-state index in [1.165, 1.54) is 4.90 Å².